The van der Waals surface area contributed by atoms with E-state index in [-0.39, 0.29) is 29.8 Å². The van der Waals surface area contributed by atoms with Crippen molar-refractivity contribution in [2.75, 3.05) is 26.2 Å². The molecule has 0 saturated carbocycles. The van der Waals surface area contributed by atoms with Crippen molar-refractivity contribution in [1.29, 1.82) is 0 Å². The van der Waals surface area contributed by atoms with Gasteiger partial charge >= 0.3 is 12.4 Å². The molecule has 2 aliphatic rings. The molecule has 0 unspecified atom stereocenters. The minimum atomic E-state index is -4.88. The minimum Gasteiger partial charge on any atom is -0.349 e. The van der Waals surface area contributed by atoms with Gasteiger partial charge in [0.1, 0.15) is 11.5 Å². The molecule has 0 aliphatic carbocycles. The first-order valence-corrected chi connectivity index (χ1v) is 10.9. The second-order valence-electron chi connectivity index (χ2n) is 8.57. The Balaban J connectivity index is 1.47. The number of imidazole rings is 1. The molecule has 11 heteroatoms. The number of benzene rings is 1. The average molecular weight is 474 g/mol. The Morgan fingerprint density at radius 3 is 2.27 bits per heavy atom. The summed E-state index contributed by atoms with van der Waals surface area (Å²) in [6.45, 7) is 3.41. The molecular weight excluding hydrogens is 450 g/mol. The zero-order valence-electron chi connectivity index (χ0n) is 17.8. The standard InChI is InChI=1S/C22H24F6N4O/c23-21(24,25)16-9-15(10-17(11-16)22(26,27)28)14-3-4-19-30-18(13-32(19)12-14)20(33)29-5-8-31-6-1-2-7-31/h9-11,13-14H,1-8,12H2,(H,29,33)/t14-/m0/s1. The van der Waals surface area contributed by atoms with Gasteiger partial charge in [0.05, 0.1) is 11.1 Å². The number of aromatic nitrogens is 2. The van der Waals surface area contributed by atoms with E-state index in [1.165, 1.54) is 6.20 Å². The van der Waals surface area contributed by atoms with Crippen LogP contribution in [0.25, 0.3) is 0 Å². The number of amides is 1. The number of likely N-dealkylation sites (tertiary alicyclic amines) is 1. The summed E-state index contributed by atoms with van der Waals surface area (Å²) in [5, 5.41) is 2.82. The lowest BCUT2D eigenvalue weighted by atomic mass is 9.89. The van der Waals surface area contributed by atoms with Crippen molar-refractivity contribution >= 4 is 5.91 Å². The zero-order valence-corrected chi connectivity index (χ0v) is 17.8. The van der Waals surface area contributed by atoms with E-state index in [4.69, 9.17) is 0 Å². The van der Waals surface area contributed by atoms with E-state index in [1.54, 1.807) is 4.57 Å². The lowest BCUT2D eigenvalue weighted by Crippen LogP contribution is -2.33. The molecule has 0 radical (unpaired) electrons. The third-order valence-corrected chi connectivity index (χ3v) is 6.22. The SMILES string of the molecule is O=C(NCCN1CCCC1)c1cn2c(n1)CC[C@H](c1cc(C(F)(F)F)cc(C(F)(F)F)c1)C2. The van der Waals surface area contributed by atoms with E-state index in [2.05, 4.69) is 15.2 Å². The molecule has 1 saturated heterocycles. The van der Waals surface area contributed by atoms with Gasteiger partial charge in [0.15, 0.2) is 0 Å². The van der Waals surface area contributed by atoms with Gasteiger partial charge in [-0.3, -0.25) is 4.79 Å². The average Bonchev–Trinajstić information content (AvgIpc) is 3.41. The van der Waals surface area contributed by atoms with E-state index < -0.39 is 29.4 Å². The number of rotatable bonds is 5. The van der Waals surface area contributed by atoms with E-state index in [0.29, 0.717) is 25.2 Å². The van der Waals surface area contributed by atoms with Gasteiger partial charge in [0, 0.05) is 38.2 Å². The summed E-state index contributed by atoms with van der Waals surface area (Å²) in [5.41, 5.74) is -2.45. The molecule has 180 valence electrons. The predicted octanol–water partition coefficient (Wildman–Crippen LogP) is 4.48. The molecule has 3 heterocycles. The number of alkyl halides is 6. The van der Waals surface area contributed by atoms with Crippen molar-refractivity contribution in [3.05, 3.63) is 52.6 Å². The Morgan fingerprint density at radius 2 is 1.67 bits per heavy atom. The fourth-order valence-electron chi connectivity index (χ4n) is 4.46. The van der Waals surface area contributed by atoms with Gasteiger partial charge in [0.2, 0.25) is 0 Å². The number of aryl methyl sites for hydroxylation is 1. The van der Waals surface area contributed by atoms with Crippen LogP contribution in [0, 0.1) is 0 Å². The minimum absolute atomic E-state index is 0.0203. The summed E-state index contributed by atoms with van der Waals surface area (Å²) < 4.78 is 80.9. The summed E-state index contributed by atoms with van der Waals surface area (Å²) >= 11 is 0. The molecule has 0 bridgehead atoms. The fourth-order valence-corrected chi connectivity index (χ4v) is 4.46. The lowest BCUT2D eigenvalue weighted by molar-refractivity contribution is -0.143. The van der Waals surface area contributed by atoms with Crippen molar-refractivity contribution in [2.45, 2.75) is 50.5 Å². The highest BCUT2D eigenvalue weighted by molar-refractivity contribution is 5.92. The van der Waals surface area contributed by atoms with E-state index >= 15 is 0 Å². The molecule has 2 aromatic rings. The van der Waals surface area contributed by atoms with E-state index in [1.807, 2.05) is 0 Å². The number of nitrogens with one attached hydrogen (secondary N) is 1. The van der Waals surface area contributed by atoms with Crippen molar-refractivity contribution in [3.8, 4) is 0 Å². The van der Waals surface area contributed by atoms with Crippen LogP contribution in [0.1, 0.15) is 58.2 Å². The predicted molar refractivity (Wildman–Crippen MR) is 108 cm³/mol. The largest absolute Gasteiger partial charge is 0.416 e. The van der Waals surface area contributed by atoms with Crippen molar-refractivity contribution < 1.29 is 31.1 Å². The summed E-state index contributed by atoms with van der Waals surface area (Å²) in [7, 11) is 0. The second kappa shape index (κ2) is 9.00. The maximum Gasteiger partial charge on any atom is 0.416 e. The third-order valence-electron chi connectivity index (χ3n) is 6.22. The molecule has 1 aromatic carbocycles. The number of halogens is 6. The van der Waals surface area contributed by atoms with Crippen molar-refractivity contribution in [3.63, 3.8) is 0 Å². The van der Waals surface area contributed by atoms with Gasteiger partial charge in [0.25, 0.3) is 5.91 Å². The summed E-state index contributed by atoms with van der Waals surface area (Å²) in [6.07, 6.45) is -5.26. The molecule has 0 spiro atoms. The first kappa shape index (κ1) is 23.6. The van der Waals surface area contributed by atoms with Gasteiger partial charge in [-0.25, -0.2) is 4.98 Å². The fraction of sp³-hybridized carbons (Fsp3) is 0.545. The molecule has 1 aromatic heterocycles. The number of carbonyl (C=O) groups excluding carboxylic acids is 1. The van der Waals surface area contributed by atoms with Gasteiger partial charge in [-0.1, -0.05) is 0 Å². The Morgan fingerprint density at radius 1 is 1.03 bits per heavy atom. The number of hydrogen-bond acceptors (Lipinski definition) is 3. The van der Waals surface area contributed by atoms with Gasteiger partial charge in [-0.15, -0.1) is 0 Å². The number of hydrogen-bond donors (Lipinski definition) is 1. The van der Waals surface area contributed by atoms with Crippen molar-refractivity contribution in [1.82, 2.24) is 19.8 Å². The van der Waals surface area contributed by atoms with Crippen LogP contribution in [0.3, 0.4) is 0 Å². The van der Waals surface area contributed by atoms with Crippen LogP contribution in [0.5, 0.6) is 0 Å². The Hall–Kier alpha value is -2.56. The molecule has 1 fully saturated rings. The topological polar surface area (TPSA) is 50.2 Å². The highest BCUT2D eigenvalue weighted by Gasteiger charge is 2.38. The molecule has 1 atom stereocenters. The summed E-state index contributed by atoms with van der Waals surface area (Å²) in [6, 6.07) is 1.71. The highest BCUT2D eigenvalue weighted by atomic mass is 19.4. The van der Waals surface area contributed by atoms with Crippen LogP contribution < -0.4 is 5.32 Å². The van der Waals surface area contributed by atoms with Crippen LogP contribution in [0.2, 0.25) is 0 Å². The van der Waals surface area contributed by atoms with Gasteiger partial charge in [-0.05, 0) is 56.1 Å². The van der Waals surface area contributed by atoms with Crippen LogP contribution >= 0.6 is 0 Å². The molecule has 5 nitrogen and oxygen atoms in total. The van der Waals surface area contributed by atoms with E-state index in [0.717, 1.165) is 44.6 Å². The van der Waals surface area contributed by atoms with Crippen LogP contribution in [-0.4, -0.2) is 46.5 Å². The number of nitrogens with zero attached hydrogens (tertiary/aromatic N) is 3. The lowest BCUT2D eigenvalue weighted by Gasteiger charge is -2.25. The third kappa shape index (κ3) is 5.51. The summed E-state index contributed by atoms with van der Waals surface area (Å²) in [5.74, 6) is -0.300. The van der Waals surface area contributed by atoms with Crippen LogP contribution in [0.4, 0.5) is 26.3 Å². The van der Waals surface area contributed by atoms with Gasteiger partial charge < -0.3 is 14.8 Å². The Kier molecular flexibility index (Phi) is 6.43. The number of fused-ring (bicyclic) bond motifs is 1. The molecule has 33 heavy (non-hydrogen) atoms. The summed E-state index contributed by atoms with van der Waals surface area (Å²) in [4.78, 5) is 19.0. The van der Waals surface area contributed by atoms with Crippen LogP contribution in [0.15, 0.2) is 24.4 Å². The monoisotopic (exact) mass is 474 g/mol. The molecule has 2 aliphatic heterocycles. The molecule has 4 rings (SSSR count). The van der Waals surface area contributed by atoms with Crippen LogP contribution in [-0.2, 0) is 25.3 Å². The van der Waals surface area contributed by atoms with Gasteiger partial charge in [-0.2, -0.15) is 26.3 Å². The molecule has 1 amide bonds. The second-order valence-corrected chi connectivity index (χ2v) is 8.57. The van der Waals surface area contributed by atoms with E-state index in [9.17, 15) is 31.1 Å². The number of carbonyl (C=O) groups is 1. The molecule has 1 N–H and O–H groups in total. The quantitative estimate of drug-likeness (QED) is 0.651. The zero-order chi connectivity index (χ0) is 23.8. The first-order valence-electron chi connectivity index (χ1n) is 10.9. The maximum atomic E-state index is 13.2. The smallest absolute Gasteiger partial charge is 0.349 e. The maximum absolute atomic E-state index is 13.2. The Bertz CT molecular complexity index is 975. The first-order chi connectivity index (χ1) is 15.5. The Labute approximate surface area is 186 Å². The molecular formula is C22H24F6N4O. The normalized spacial score (nSPS) is 19.5. The van der Waals surface area contributed by atoms with Crippen molar-refractivity contribution in [2.24, 2.45) is 0 Å². The highest BCUT2D eigenvalue weighted by Crippen LogP contribution is 2.39.